The van der Waals surface area contributed by atoms with Crippen LogP contribution in [0.4, 0.5) is 0 Å². The lowest BCUT2D eigenvalue weighted by Crippen LogP contribution is -2.53. The summed E-state index contributed by atoms with van der Waals surface area (Å²) in [6, 6.07) is 3.97. The van der Waals surface area contributed by atoms with E-state index in [0.29, 0.717) is 24.7 Å². The summed E-state index contributed by atoms with van der Waals surface area (Å²) in [6.07, 6.45) is 0. The summed E-state index contributed by atoms with van der Waals surface area (Å²) in [5.74, 6) is -0.299. The molecule has 9 heteroatoms. The summed E-state index contributed by atoms with van der Waals surface area (Å²) in [7, 11) is -3.72. The van der Waals surface area contributed by atoms with Gasteiger partial charge in [0.05, 0.1) is 11.6 Å². The topological polar surface area (TPSA) is 66.9 Å². The van der Waals surface area contributed by atoms with Gasteiger partial charge in [0.25, 0.3) is 0 Å². The van der Waals surface area contributed by atoms with Crippen LogP contribution in [0, 0.1) is 0 Å². The Hall–Kier alpha value is -0.860. The highest BCUT2D eigenvalue weighted by molar-refractivity contribution is 7.89. The maximum atomic E-state index is 12.7. The molecular weight excluding hydrogens is 375 g/mol. The lowest BCUT2D eigenvalue weighted by atomic mass is 10.2. The van der Waals surface area contributed by atoms with Crippen LogP contribution >= 0.6 is 23.2 Å². The fourth-order valence-corrected chi connectivity index (χ4v) is 4.72. The van der Waals surface area contributed by atoms with Crippen LogP contribution in [0.2, 0.25) is 10.0 Å². The molecule has 2 rings (SSSR count). The van der Waals surface area contributed by atoms with E-state index < -0.39 is 16.1 Å². The van der Waals surface area contributed by atoms with Crippen molar-refractivity contribution >= 4 is 39.2 Å². The van der Waals surface area contributed by atoms with Crippen molar-refractivity contribution in [2.45, 2.75) is 24.8 Å². The molecule has 1 aliphatic heterocycles. The van der Waals surface area contributed by atoms with Crippen LogP contribution < -0.4 is 0 Å². The molecule has 1 aromatic rings. The van der Waals surface area contributed by atoms with Crippen molar-refractivity contribution < 1.29 is 17.9 Å². The summed E-state index contributed by atoms with van der Waals surface area (Å²) in [5, 5.41) is 0.453. The lowest BCUT2D eigenvalue weighted by molar-refractivity contribution is -0.149. The van der Waals surface area contributed by atoms with Gasteiger partial charge < -0.3 is 4.74 Å². The third-order valence-electron chi connectivity index (χ3n) is 3.96. The Kier molecular flexibility index (Phi) is 6.50. The van der Waals surface area contributed by atoms with Gasteiger partial charge in [-0.1, -0.05) is 23.2 Å². The Bertz CT molecular complexity index is 703. The van der Waals surface area contributed by atoms with E-state index in [1.165, 1.54) is 16.4 Å². The molecule has 1 aromatic carbocycles. The fourth-order valence-electron chi connectivity index (χ4n) is 2.56. The molecule has 0 aliphatic carbocycles. The molecule has 24 heavy (non-hydrogen) atoms. The third-order valence-corrected chi connectivity index (χ3v) is 6.58. The Morgan fingerprint density at radius 3 is 2.46 bits per heavy atom. The highest BCUT2D eigenvalue weighted by Gasteiger charge is 2.33. The molecule has 1 heterocycles. The molecular formula is C15H20Cl2N2O4S. The van der Waals surface area contributed by atoms with E-state index in [9.17, 15) is 13.2 Å². The number of esters is 1. The van der Waals surface area contributed by atoms with E-state index >= 15 is 0 Å². The summed E-state index contributed by atoms with van der Waals surface area (Å²) in [6.45, 7) is 5.27. The first-order valence-electron chi connectivity index (χ1n) is 7.63. The molecule has 0 N–H and O–H groups in total. The number of sulfonamides is 1. The van der Waals surface area contributed by atoms with Gasteiger partial charge in [-0.05, 0) is 32.0 Å². The first-order valence-corrected chi connectivity index (χ1v) is 9.83. The van der Waals surface area contributed by atoms with E-state index in [-0.39, 0.29) is 29.0 Å². The summed E-state index contributed by atoms with van der Waals surface area (Å²) >= 11 is 11.9. The quantitative estimate of drug-likeness (QED) is 0.716. The van der Waals surface area contributed by atoms with Gasteiger partial charge in [0.2, 0.25) is 10.0 Å². The SMILES string of the molecule is CCOC(=O)C(C)N1CCN(S(=O)(=O)c2cc(Cl)ccc2Cl)CC1. The third kappa shape index (κ3) is 4.21. The van der Waals surface area contributed by atoms with Crippen LogP contribution in [0.1, 0.15) is 13.8 Å². The molecule has 6 nitrogen and oxygen atoms in total. The van der Waals surface area contributed by atoms with E-state index in [2.05, 4.69) is 0 Å². The summed E-state index contributed by atoms with van der Waals surface area (Å²) in [4.78, 5) is 13.7. The Morgan fingerprint density at radius 2 is 1.88 bits per heavy atom. The second kappa shape index (κ2) is 8.01. The molecule has 1 saturated heterocycles. The zero-order valence-corrected chi connectivity index (χ0v) is 15.9. The largest absolute Gasteiger partial charge is 0.465 e. The number of ether oxygens (including phenoxy) is 1. The first kappa shape index (κ1) is 19.5. The number of nitrogens with zero attached hydrogens (tertiary/aromatic N) is 2. The molecule has 0 radical (unpaired) electrons. The fraction of sp³-hybridized carbons (Fsp3) is 0.533. The average molecular weight is 395 g/mol. The second-order valence-corrected chi connectivity index (χ2v) is 8.19. The van der Waals surface area contributed by atoms with Crippen molar-refractivity contribution in [3.63, 3.8) is 0 Å². The maximum absolute atomic E-state index is 12.7. The van der Waals surface area contributed by atoms with Crippen molar-refractivity contribution in [2.24, 2.45) is 0 Å². The summed E-state index contributed by atoms with van der Waals surface area (Å²) in [5.41, 5.74) is 0. The van der Waals surface area contributed by atoms with Gasteiger partial charge in [0, 0.05) is 31.2 Å². The molecule has 134 valence electrons. The number of carbonyl (C=O) groups is 1. The number of piperazine rings is 1. The highest BCUT2D eigenvalue weighted by atomic mass is 35.5. The van der Waals surface area contributed by atoms with Crippen molar-refractivity contribution in [1.29, 1.82) is 0 Å². The Morgan fingerprint density at radius 1 is 1.25 bits per heavy atom. The van der Waals surface area contributed by atoms with Gasteiger partial charge in [0.15, 0.2) is 0 Å². The summed E-state index contributed by atoms with van der Waals surface area (Å²) < 4.78 is 31.9. The number of benzene rings is 1. The minimum Gasteiger partial charge on any atom is -0.465 e. The van der Waals surface area contributed by atoms with Crippen LogP contribution in [-0.4, -0.2) is 62.4 Å². The minimum absolute atomic E-state index is 0.00329. The van der Waals surface area contributed by atoms with Gasteiger partial charge in [-0.3, -0.25) is 9.69 Å². The number of carbonyl (C=O) groups excluding carboxylic acids is 1. The normalized spacial score (nSPS) is 18.3. The number of rotatable bonds is 5. The van der Waals surface area contributed by atoms with E-state index in [1.807, 2.05) is 4.90 Å². The molecule has 0 saturated carbocycles. The molecule has 0 amide bonds. The van der Waals surface area contributed by atoms with E-state index in [1.54, 1.807) is 19.9 Å². The van der Waals surface area contributed by atoms with Crippen LogP contribution in [0.5, 0.6) is 0 Å². The zero-order chi connectivity index (χ0) is 17.9. The molecule has 1 fully saturated rings. The van der Waals surface area contributed by atoms with Crippen molar-refractivity contribution in [3.05, 3.63) is 28.2 Å². The predicted octanol–water partition coefficient (Wildman–Crippen LogP) is 2.25. The number of hydrogen-bond acceptors (Lipinski definition) is 5. The van der Waals surface area contributed by atoms with E-state index in [0.717, 1.165) is 0 Å². The zero-order valence-electron chi connectivity index (χ0n) is 13.5. The molecule has 1 aliphatic rings. The smallest absolute Gasteiger partial charge is 0.323 e. The number of halogens is 2. The predicted molar refractivity (Wildman–Crippen MR) is 92.9 cm³/mol. The molecule has 0 aromatic heterocycles. The highest BCUT2D eigenvalue weighted by Crippen LogP contribution is 2.28. The van der Waals surface area contributed by atoms with Crippen LogP contribution in [-0.2, 0) is 19.6 Å². The van der Waals surface area contributed by atoms with Crippen molar-refractivity contribution in [2.75, 3.05) is 32.8 Å². The van der Waals surface area contributed by atoms with Gasteiger partial charge in [0.1, 0.15) is 10.9 Å². The van der Waals surface area contributed by atoms with Crippen LogP contribution in [0.3, 0.4) is 0 Å². The minimum atomic E-state index is -3.72. The first-order chi connectivity index (χ1) is 11.3. The van der Waals surface area contributed by atoms with E-state index in [4.69, 9.17) is 27.9 Å². The van der Waals surface area contributed by atoms with Crippen LogP contribution in [0.25, 0.3) is 0 Å². The maximum Gasteiger partial charge on any atom is 0.323 e. The molecule has 1 unspecified atom stereocenters. The monoisotopic (exact) mass is 394 g/mol. The molecule has 1 atom stereocenters. The van der Waals surface area contributed by atoms with Gasteiger partial charge in [-0.25, -0.2) is 8.42 Å². The lowest BCUT2D eigenvalue weighted by Gasteiger charge is -2.36. The molecule has 0 bridgehead atoms. The van der Waals surface area contributed by atoms with Gasteiger partial charge in [-0.15, -0.1) is 0 Å². The molecule has 0 spiro atoms. The van der Waals surface area contributed by atoms with Gasteiger partial charge >= 0.3 is 5.97 Å². The average Bonchev–Trinajstić information content (AvgIpc) is 2.56. The number of hydrogen-bond donors (Lipinski definition) is 0. The van der Waals surface area contributed by atoms with Crippen molar-refractivity contribution in [1.82, 2.24) is 9.21 Å². The van der Waals surface area contributed by atoms with Crippen LogP contribution in [0.15, 0.2) is 23.1 Å². The second-order valence-electron chi connectivity index (χ2n) is 5.44. The Labute approximate surface area is 152 Å². The standard InChI is InChI=1S/C15H20Cl2N2O4S/c1-3-23-15(20)11(2)18-6-8-19(9-7-18)24(21,22)14-10-12(16)4-5-13(14)17/h4-5,10-11H,3,6-9H2,1-2H3. The van der Waals surface area contributed by atoms with Gasteiger partial charge in [-0.2, -0.15) is 4.31 Å². The Balaban J connectivity index is 2.08. The van der Waals surface area contributed by atoms with Crippen molar-refractivity contribution in [3.8, 4) is 0 Å².